The molecular formula is C14H18ClN3O. The molecule has 5 heteroatoms. The number of fused-ring (bicyclic) bond motifs is 1. The van der Waals surface area contributed by atoms with Crippen molar-refractivity contribution in [2.45, 2.75) is 37.8 Å². The molecule has 0 spiro atoms. The Morgan fingerprint density at radius 1 is 1.42 bits per heavy atom. The summed E-state index contributed by atoms with van der Waals surface area (Å²) in [5, 5.41) is 3.53. The quantitative estimate of drug-likeness (QED) is 0.902. The van der Waals surface area contributed by atoms with E-state index in [-0.39, 0.29) is 11.9 Å². The Labute approximate surface area is 118 Å². The first-order valence-electron chi connectivity index (χ1n) is 6.88. The lowest BCUT2D eigenvalue weighted by Gasteiger charge is -2.35. The van der Waals surface area contributed by atoms with E-state index in [1.54, 1.807) is 12.3 Å². The number of nitrogens with zero attached hydrogens (tertiary/aromatic N) is 2. The molecule has 102 valence electrons. The molecule has 0 bridgehead atoms. The van der Waals surface area contributed by atoms with Crippen molar-refractivity contribution in [3.05, 3.63) is 29.0 Å². The zero-order valence-electron chi connectivity index (χ0n) is 10.8. The summed E-state index contributed by atoms with van der Waals surface area (Å²) in [6.45, 7) is 2.32. The highest BCUT2D eigenvalue weighted by molar-refractivity contribution is 6.33. The van der Waals surface area contributed by atoms with Crippen molar-refractivity contribution in [3.8, 4) is 0 Å². The summed E-state index contributed by atoms with van der Waals surface area (Å²) < 4.78 is 0. The third-order valence-corrected chi connectivity index (χ3v) is 4.47. The second kappa shape index (κ2) is 5.47. The van der Waals surface area contributed by atoms with Crippen LogP contribution in [0.4, 0.5) is 0 Å². The van der Waals surface area contributed by atoms with E-state index in [2.05, 4.69) is 15.2 Å². The maximum atomic E-state index is 12.2. The summed E-state index contributed by atoms with van der Waals surface area (Å²) in [7, 11) is 0. The first kappa shape index (κ1) is 12.9. The fraction of sp³-hybridized carbons (Fsp3) is 0.571. The summed E-state index contributed by atoms with van der Waals surface area (Å²) >= 11 is 5.99. The number of amides is 1. The zero-order chi connectivity index (χ0) is 13.2. The average Bonchev–Trinajstić information content (AvgIpc) is 2.86. The van der Waals surface area contributed by atoms with E-state index in [4.69, 9.17) is 11.6 Å². The number of hydrogen-bond donors (Lipinski definition) is 1. The Balaban J connectivity index is 1.62. The highest BCUT2D eigenvalue weighted by Crippen LogP contribution is 2.27. The van der Waals surface area contributed by atoms with Gasteiger partial charge in [0.1, 0.15) is 0 Å². The molecule has 4 nitrogen and oxygen atoms in total. The number of nitrogens with one attached hydrogen (secondary N) is 1. The molecule has 0 aromatic carbocycles. The lowest BCUT2D eigenvalue weighted by atomic mass is 9.97. The van der Waals surface area contributed by atoms with Gasteiger partial charge in [-0.2, -0.15) is 0 Å². The second-order valence-corrected chi connectivity index (χ2v) is 5.79. The number of halogens is 1. The number of aromatic nitrogens is 1. The Morgan fingerprint density at radius 3 is 3.16 bits per heavy atom. The van der Waals surface area contributed by atoms with Crippen molar-refractivity contribution < 1.29 is 4.79 Å². The third kappa shape index (κ3) is 2.74. The molecule has 3 heterocycles. The van der Waals surface area contributed by atoms with Crippen molar-refractivity contribution in [2.75, 3.05) is 13.1 Å². The molecule has 2 saturated heterocycles. The van der Waals surface area contributed by atoms with Crippen molar-refractivity contribution in [3.63, 3.8) is 0 Å². The molecule has 3 rings (SSSR count). The minimum Gasteiger partial charge on any atom is -0.349 e. The topological polar surface area (TPSA) is 45.2 Å². The van der Waals surface area contributed by atoms with E-state index in [1.165, 1.54) is 25.6 Å². The van der Waals surface area contributed by atoms with Crippen LogP contribution in [0.5, 0.6) is 0 Å². The molecular weight excluding hydrogens is 262 g/mol. The standard InChI is InChI=1S/C14H18ClN3O/c15-13-9-16-5-3-12(13)14(19)17-10-4-7-18-6-1-2-11(18)8-10/h3,5,9-11H,1-2,4,6-8H2,(H,17,19). The Kier molecular flexibility index (Phi) is 3.71. The number of pyridine rings is 1. The molecule has 0 radical (unpaired) electrons. The van der Waals surface area contributed by atoms with E-state index in [0.29, 0.717) is 16.6 Å². The number of carbonyl (C=O) groups is 1. The molecule has 1 aromatic rings. The third-order valence-electron chi connectivity index (χ3n) is 4.17. The van der Waals surface area contributed by atoms with Crippen molar-refractivity contribution >= 4 is 17.5 Å². The molecule has 1 aromatic heterocycles. The van der Waals surface area contributed by atoms with Crippen LogP contribution in [0.15, 0.2) is 18.5 Å². The fourth-order valence-electron chi connectivity index (χ4n) is 3.18. The molecule has 2 unspecified atom stereocenters. The molecule has 0 aliphatic carbocycles. The predicted molar refractivity (Wildman–Crippen MR) is 74.3 cm³/mol. The molecule has 0 saturated carbocycles. The summed E-state index contributed by atoms with van der Waals surface area (Å²) in [6, 6.07) is 2.60. The van der Waals surface area contributed by atoms with Gasteiger partial charge in [-0.15, -0.1) is 0 Å². The number of piperidine rings is 1. The number of carbonyl (C=O) groups excluding carboxylic acids is 1. The Hall–Kier alpha value is -1.13. The smallest absolute Gasteiger partial charge is 0.253 e. The van der Waals surface area contributed by atoms with E-state index in [1.807, 2.05) is 0 Å². The van der Waals surface area contributed by atoms with Gasteiger partial charge in [0, 0.05) is 31.0 Å². The van der Waals surface area contributed by atoms with Crippen molar-refractivity contribution in [1.29, 1.82) is 0 Å². The lowest BCUT2D eigenvalue weighted by Crippen LogP contribution is -2.47. The van der Waals surface area contributed by atoms with Gasteiger partial charge in [0.15, 0.2) is 0 Å². The van der Waals surface area contributed by atoms with E-state index >= 15 is 0 Å². The SMILES string of the molecule is O=C(NC1CCN2CCCC2C1)c1ccncc1Cl. The molecule has 19 heavy (non-hydrogen) atoms. The zero-order valence-corrected chi connectivity index (χ0v) is 11.6. The van der Waals surface area contributed by atoms with Crippen LogP contribution in [0, 0.1) is 0 Å². The molecule has 2 atom stereocenters. The van der Waals surface area contributed by atoms with Crippen LogP contribution in [0.3, 0.4) is 0 Å². The van der Waals surface area contributed by atoms with Gasteiger partial charge >= 0.3 is 0 Å². The van der Waals surface area contributed by atoms with Gasteiger partial charge < -0.3 is 10.2 Å². The second-order valence-electron chi connectivity index (χ2n) is 5.38. The van der Waals surface area contributed by atoms with Crippen LogP contribution in [0.1, 0.15) is 36.0 Å². The van der Waals surface area contributed by atoms with Gasteiger partial charge in [-0.05, 0) is 38.3 Å². The summed E-state index contributed by atoms with van der Waals surface area (Å²) in [5.41, 5.74) is 0.519. The van der Waals surface area contributed by atoms with Crippen LogP contribution >= 0.6 is 11.6 Å². The van der Waals surface area contributed by atoms with Gasteiger partial charge in [0.05, 0.1) is 10.6 Å². The van der Waals surface area contributed by atoms with Gasteiger partial charge in [0.25, 0.3) is 5.91 Å². The summed E-state index contributed by atoms with van der Waals surface area (Å²) in [6.07, 6.45) is 7.76. The van der Waals surface area contributed by atoms with Crippen LogP contribution in [-0.4, -0.2) is 41.0 Å². The first-order valence-corrected chi connectivity index (χ1v) is 7.26. The van der Waals surface area contributed by atoms with Crippen molar-refractivity contribution in [2.24, 2.45) is 0 Å². The number of rotatable bonds is 2. The van der Waals surface area contributed by atoms with Gasteiger partial charge in [-0.3, -0.25) is 9.78 Å². The molecule has 2 aliphatic heterocycles. The normalized spacial score (nSPS) is 27.0. The van der Waals surface area contributed by atoms with Gasteiger partial charge in [-0.25, -0.2) is 0 Å². The minimum atomic E-state index is -0.0798. The maximum absolute atomic E-state index is 12.2. The highest BCUT2D eigenvalue weighted by Gasteiger charge is 2.32. The minimum absolute atomic E-state index is 0.0798. The molecule has 1 N–H and O–H groups in total. The van der Waals surface area contributed by atoms with Gasteiger partial charge in [0.2, 0.25) is 0 Å². The van der Waals surface area contributed by atoms with Gasteiger partial charge in [-0.1, -0.05) is 11.6 Å². The Morgan fingerprint density at radius 2 is 2.32 bits per heavy atom. The van der Waals surface area contributed by atoms with Crippen LogP contribution in [-0.2, 0) is 0 Å². The fourth-order valence-corrected chi connectivity index (χ4v) is 3.38. The average molecular weight is 280 g/mol. The van der Waals surface area contributed by atoms with Crippen LogP contribution in [0.2, 0.25) is 5.02 Å². The molecule has 2 fully saturated rings. The molecule has 2 aliphatic rings. The monoisotopic (exact) mass is 279 g/mol. The molecule has 1 amide bonds. The van der Waals surface area contributed by atoms with E-state index in [9.17, 15) is 4.79 Å². The van der Waals surface area contributed by atoms with E-state index < -0.39 is 0 Å². The lowest BCUT2D eigenvalue weighted by molar-refractivity contribution is 0.0896. The largest absolute Gasteiger partial charge is 0.349 e. The van der Waals surface area contributed by atoms with Crippen molar-refractivity contribution in [1.82, 2.24) is 15.2 Å². The predicted octanol–water partition coefficient (Wildman–Crippen LogP) is 2.09. The maximum Gasteiger partial charge on any atom is 0.253 e. The highest BCUT2D eigenvalue weighted by atomic mass is 35.5. The van der Waals surface area contributed by atoms with Crippen LogP contribution in [0.25, 0.3) is 0 Å². The van der Waals surface area contributed by atoms with Crippen LogP contribution < -0.4 is 5.32 Å². The Bertz CT molecular complexity index is 480. The summed E-state index contributed by atoms with van der Waals surface area (Å²) in [5.74, 6) is -0.0798. The van der Waals surface area contributed by atoms with E-state index in [0.717, 1.165) is 19.4 Å². The first-order chi connectivity index (χ1) is 9.24. The number of hydrogen-bond acceptors (Lipinski definition) is 3. The summed E-state index contributed by atoms with van der Waals surface area (Å²) in [4.78, 5) is 18.6.